The SMILES string of the molecule is CCOC(=O)c1cc(=O)c2cc(OCC(COc3cc([N+](C)(C)C)cc4oc(C(=O)OCC)cc(=O)c34)OC(C)=O)ccc2o1. The van der Waals surface area contributed by atoms with Gasteiger partial charge in [0.1, 0.15) is 47.0 Å². The Kier molecular flexibility index (Phi) is 9.92. The second-order valence-electron chi connectivity index (χ2n) is 10.7. The summed E-state index contributed by atoms with van der Waals surface area (Å²) in [6.07, 6.45) is -0.936. The number of benzene rings is 2. The number of hydrogen-bond acceptors (Lipinski definition) is 12. The second kappa shape index (κ2) is 13.6. The lowest BCUT2D eigenvalue weighted by molar-refractivity contribution is -0.149. The first-order valence-electron chi connectivity index (χ1n) is 14.1. The molecule has 2 aromatic heterocycles. The molecule has 0 amide bonds. The Bertz CT molecular complexity index is 1860. The Morgan fingerprint density at radius 2 is 1.38 bits per heavy atom. The van der Waals surface area contributed by atoms with Crippen LogP contribution >= 0.6 is 0 Å². The number of nitrogens with zero attached hydrogens (tertiary/aromatic N) is 1. The molecule has 0 aliphatic carbocycles. The molecule has 0 radical (unpaired) electrons. The third kappa shape index (κ3) is 7.87. The maximum atomic E-state index is 13.1. The molecule has 13 nitrogen and oxygen atoms in total. The van der Waals surface area contributed by atoms with Crippen molar-refractivity contribution in [1.82, 2.24) is 4.48 Å². The fourth-order valence-electron chi connectivity index (χ4n) is 4.29. The van der Waals surface area contributed by atoms with E-state index >= 15 is 0 Å². The van der Waals surface area contributed by atoms with Crippen LogP contribution in [-0.4, -0.2) is 71.6 Å². The highest BCUT2D eigenvalue weighted by molar-refractivity contribution is 5.92. The molecule has 2 aromatic carbocycles. The van der Waals surface area contributed by atoms with Gasteiger partial charge in [-0.15, -0.1) is 0 Å². The minimum Gasteiger partial charge on any atom is -0.490 e. The number of rotatable bonds is 12. The van der Waals surface area contributed by atoms with Gasteiger partial charge in [0.05, 0.1) is 39.7 Å². The summed E-state index contributed by atoms with van der Waals surface area (Å²) in [5, 5.41) is 0.254. The van der Waals surface area contributed by atoms with E-state index in [2.05, 4.69) is 0 Å². The number of quaternary nitrogens is 1. The summed E-state index contributed by atoms with van der Waals surface area (Å²) >= 11 is 0. The predicted octanol–water partition coefficient (Wildman–Crippen LogP) is 3.84. The van der Waals surface area contributed by atoms with E-state index < -0.39 is 34.9 Å². The number of esters is 3. The molecule has 0 spiro atoms. The molecule has 4 rings (SSSR count). The first-order chi connectivity index (χ1) is 21.3. The van der Waals surface area contributed by atoms with Crippen molar-refractivity contribution >= 4 is 45.5 Å². The van der Waals surface area contributed by atoms with Gasteiger partial charge in [-0.3, -0.25) is 18.9 Å². The van der Waals surface area contributed by atoms with Crippen molar-refractivity contribution in [2.45, 2.75) is 26.9 Å². The van der Waals surface area contributed by atoms with E-state index in [4.69, 9.17) is 32.5 Å². The first-order valence-corrected chi connectivity index (χ1v) is 14.1. The molecular weight excluding hydrogens is 590 g/mol. The Hall–Kier alpha value is -5.17. The highest BCUT2D eigenvalue weighted by Gasteiger charge is 2.24. The molecule has 0 fully saturated rings. The van der Waals surface area contributed by atoms with Crippen molar-refractivity contribution in [2.75, 3.05) is 47.6 Å². The van der Waals surface area contributed by atoms with Crippen LogP contribution in [0.1, 0.15) is 41.9 Å². The summed E-state index contributed by atoms with van der Waals surface area (Å²) < 4.78 is 38.7. The van der Waals surface area contributed by atoms with E-state index in [1.807, 2.05) is 21.1 Å². The molecular formula is C32H34NO12+. The zero-order chi connectivity index (χ0) is 32.9. The maximum absolute atomic E-state index is 13.1. The van der Waals surface area contributed by atoms with E-state index in [1.165, 1.54) is 25.1 Å². The Labute approximate surface area is 257 Å². The minimum atomic E-state index is -0.936. The molecule has 0 saturated heterocycles. The van der Waals surface area contributed by atoms with Crippen LogP contribution in [0, 0.1) is 0 Å². The molecule has 45 heavy (non-hydrogen) atoms. The highest BCUT2D eigenvalue weighted by atomic mass is 16.6. The number of carbonyl (C=O) groups is 3. The summed E-state index contributed by atoms with van der Waals surface area (Å²) in [4.78, 5) is 61.9. The summed E-state index contributed by atoms with van der Waals surface area (Å²) in [6, 6.07) is 9.83. The van der Waals surface area contributed by atoms with Crippen LogP contribution in [0.3, 0.4) is 0 Å². The lowest BCUT2D eigenvalue weighted by Gasteiger charge is -2.25. The van der Waals surface area contributed by atoms with Gasteiger partial charge in [0.25, 0.3) is 0 Å². The van der Waals surface area contributed by atoms with Crippen molar-refractivity contribution in [3.05, 3.63) is 74.4 Å². The van der Waals surface area contributed by atoms with Gasteiger partial charge in [-0.2, -0.15) is 0 Å². The Morgan fingerprint density at radius 1 is 0.778 bits per heavy atom. The monoisotopic (exact) mass is 624 g/mol. The molecule has 2 heterocycles. The van der Waals surface area contributed by atoms with Gasteiger partial charge in [0, 0.05) is 31.2 Å². The van der Waals surface area contributed by atoms with E-state index in [0.717, 1.165) is 12.1 Å². The van der Waals surface area contributed by atoms with Crippen LogP contribution in [0.4, 0.5) is 5.69 Å². The maximum Gasteiger partial charge on any atom is 0.374 e. The summed E-state index contributed by atoms with van der Waals surface area (Å²) in [5.41, 5.74) is -0.0236. The smallest absolute Gasteiger partial charge is 0.374 e. The molecule has 1 atom stereocenters. The number of carbonyl (C=O) groups excluding carboxylic acids is 3. The van der Waals surface area contributed by atoms with Gasteiger partial charge < -0.3 is 32.5 Å². The Balaban J connectivity index is 1.59. The molecule has 1 unspecified atom stereocenters. The van der Waals surface area contributed by atoms with Gasteiger partial charge in [0.15, 0.2) is 17.0 Å². The quantitative estimate of drug-likeness (QED) is 0.128. The summed E-state index contributed by atoms with van der Waals surface area (Å²) in [6.45, 7) is 4.35. The molecule has 0 bridgehead atoms. The molecule has 4 aromatic rings. The lowest BCUT2D eigenvalue weighted by Crippen LogP contribution is -2.35. The average Bonchev–Trinajstić information content (AvgIpc) is 2.97. The van der Waals surface area contributed by atoms with Crippen LogP contribution in [-0.2, 0) is 19.0 Å². The zero-order valence-corrected chi connectivity index (χ0v) is 25.8. The molecule has 13 heteroatoms. The van der Waals surface area contributed by atoms with Crippen LogP contribution in [0.5, 0.6) is 11.5 Å². The number of ether oxygens (including phenoxy) is 5. The fraction of sp³-hybridized carbons (Fsp3) is 0.344. The third-order valence-electron chi connectivity index (χ3n) is 6.40. The van der Waals surface area contributed by atoms with Gasteiger partial charge >= 0.3 is 17.9 Å². The molecule has 0 aliphatic rings. The van der Waals surface area contributed by atoms with Crippen LogP contribution in [0.15, 0.2) is 60.9 Å². The topological polar surface area (TPSA) is 158 Å². The average molecular weight is 625 g/mol. The largest absolute Gasteiger partial charge is 0.490 e. The van der Waals surface area contributed by atoms with Gasteiger partial charge in [0.2, 0.25) is 11.5 Å². The fourth-order valence-corrected chi connectivity index (χ4v) is 4.29. The van der Waals surface area contributed by atoms with E-state index in [1.54, 1.807) is 26.0 Å². The number of fused-ring (bicyclic) bond motifs is 2. The van der Waals surface area contributed by atoms with Gasteiger partial charge in [-0.1, -0.05) is 0 Å². The third-order valence-corrected chi connectivity index (χ3v) is 6.40. The molecule has 238 valence electrons. The second-order valence-corrected chi connectivity index (χ2v) is 10.7. The van der Waals surface area contributed by atoms with Crippen molar-refractivity contribution in [1.29, 1.82) is 0 Å². The normalized spacial score (nSPS) is 12.0. The Morgan fingerprint density at radius 3 is 1.98 bits per heavy atom. The van der Waals surface area contributed by atoms with E-state index in [-0.39, 0.29) is 71.4 Å². The lowest BCUT2D eigenvalue weighted by atomic mass is 10.1. The van der Waals surface area contributed by atoms with Gasteiger partial charge in [-0.05, 0) is 32.0 Å². The van der Waals surface area contributed by atoms with Gasteiger partial charge in [-0.25, -0.2) is 9.59 Å². The predicted molar refractivity (Wildman–Crippen MR) is 163 cm³/mol. The van der Waals surface area contributed by atoms with E-state index in [0.29, 0.717) is 10.2 Å². The van der Waals surface area contributed by atoms with Crippen LogP contribution in [0.2, 0.25) is 0 Å². The van der Waals surface area contributed by atoms with Crippen molar-refractivity contribution < 1.29 is 46.9 Å². The van der Waals surface area contributed by atoms with Crippen molar-refractivity contribution in [2.24, 2.45) is 0 Å². The number of hydrogen-bond donors (Lipinski definition) is 0. The summed E-state index contributed by atoms with van der Waals surface area (Å²) in [5.74, 6) is -2.17. The highest BCUT2D eigenvalue weighted by Crippen LogP contribution is 2.32. The molecule has 0 saturated carbocycles. The zero-order valence-electron chi connectivity index (χ0n) is 25.8. The van der Waals surface area contributed by atoms with Crippen molar-refractivity contribution in [3.63, 3.8) is 0 Å². The van der Waals surface area contributed by atoms with E-state index in [9.17, 15) is 24.0 Å². The van der Waals surface area contributed by atoms with Crippen LogP contribution in [0.25, 0.3) is 21.9 Å². The first kappa shape index (κ1) is 32.7. The van der Waals surface area contributed by atoms with Crippen LogP contribution < -0.4 is 24.8 Å². The van der Waals surface area contributed by atoms with Crippen molar-refractivity contribution in [3.8, 4) is 11.5 Å². The molecule has 0 aliphatic heterocycles. The summed E-state index contributed by atoms with van der Waals surface area (Å²) in [7, 11) is 5.70. The molecule has 0 N–H and O–H groups in total. The standard InChI is InChI=1S/C32H34NO12/c1-7-39-31(37)28-14-23(35)22-13-20(9-10-25(22)44-28)41-16-21(43-18(3)34)17-42-26-11-19(33(4,5)6)12-27-30(26)24(36)15-29(45-27)32(38)40-8-2/h9-15,21H,7-8,16-17H2,1-6H3/q+1. The minimum absolute atomic E-state index is 0.0891.